The molecule has 0 unspecified atom stereocenters. The van der Waals surface area contributed by atoms with E-state index in [-0.39, 0.29) is 0 Å². The molecule has 156 valence electrons. The Morgan fingerprint density at radius 1 is 0.444 bits per heavy atom. The SMILES string of the molecule is CN(C)B1CCCCC1.CN(C)B1CCCCC1.CN(C)B1CCPCC1. The summed E-state index contributed by atoms with van der Waals surface area (Å²) in [6, 6.07) is 0. The minimum atomic E-state index is 0.888. The van der Waals surface area contributed by atoms with E-state index in [1.54, 1.807) is 0 Å². The van der Waals surface area contributed by atoms with Crippen molar-refractivity contribution in [2.24, 2.45) is 0 Å². The van der Waals surface area contributed by atoms with Crippen molar-refractivity contribution in [1.29, 1.82) is 0 Å². The van der Waals surface area contributed by atoms with Crippen molar-refractivity contribution in [1.82, 2.24) is 14.4 Å². The average Bonchev–Trinajstić information content (AvgIpc) is 2.71. The molecule has 0 spiro atoms. The van der Waals surface area contributed by atoms with E-state index < -0.39 is 0 Å². The van der Waals surface area contributed by atoms with E-state index in [4.69, 9.17) is 0 Å². The fourth-order valence-electron chi connectivity index (χ4n) is 4.52. The Hall–Kier alpha value is 0.505. The van der Waals surface area contributed by atoms with Crippen molar-refractivity contribution in [3.8, 4) is 0 Å². The second kappa shape index (κ2) is 15.4. The Balaban J connectivity index is 0.000000202. The smallest absolute Gasteiger partial charge is 0.223 e. The summed E-state index contributed by atoms with van der Waals surface area (Å²) < 4.78 is 0. The predicted molar refractivity (Wildman–Crippen MR) is 133 cm³/mol. The van der Waals surface area contributed by atoms with Crippen LogP contribution in [0, 0.1) is 0 Å². The van der Waals surface area contributed by atoms with Crippen LogP contribution in [0.4, 0.5) is 0 Å². The van der Waals surface area contributed by atoms with Crippen LogP contribution >= 0.6 is 8.58 Å². The number of hydrogen-bond acceptors (Lipinski definition) is 3. The van der Waals surface area contributed by atoms with Crippen LogP contribution in [0.2, 0.25) is 37.9 Å². The summed E-state index contributed by atoms with van der Waals surface area (Å²) in [5.41, 5.74) is 0. The third-order valence-electron chi connectivity index (χ3n) is 6.65. The van der Waals surface area contributed by atoms with Gasteiger partial charge in [0, 0.05) is 0 Å². The van der Waals surface area contributed by atoms with Crippen molar-refractivity contribution in [3.63, 3.8) is 0 Å². The fraction of sp³-hybridized carbons (Fsp3) is 1.00. The molecule has 0 aromatic carbocycles. The first-order valence-corrected chi connectivity index (χ1v) is 13.0. The molecule has 3 aliphatic heterocycles. The third kappa shape index (κ3) is 11.9. The van der Waals surface area contributed by atoms with Gasteiger partial charge in [-0.2, -0.15) is 0 Å². The summed E-state index contributed by atoms with van der Waals surface area (Å²) in [6.45, 7) is 2.67. The second-order valence-electron chi connectivity index (χ2n) is 9.46. The third-order valence-corrected chi connectivity index (χ3v) is 7.93. The van der Waals surface area contributed by atoms with Crippen LogP contribution in [0.25, 0.3) is 0 Å². The van der Waals surface area contributed by atoms with Gasteiger partial charge in [0.1, 0.15) is 0 Å². The van der Waals surface area contributed by atoms with Gasteiger partial charge >= 0.3 is 0 Å². The van der Waals surface area contributed by atoms with Crippen LogP contribution in [0.1, 0.15) is 38.5 Å². The molecule has 27 heavy (non-hydrogen) atoms. The minimum absolute atomic E-state index is 0.888. The molecule has 3 heterocycles. The van der Waals surface area contributed by atoms with Gasteiger partial charge in [-0.05, 0) is 54.6 Å². The molecule has 0 aromatic rings. The fourth-order valence-corrected chi connectivity index (χ4v) is 5.84. The summed E-state index contributed by atoms with van der Waals surface area (Å²) in [4.78, 5) is 7.09. The van der Waals surface area contributed by atoms with Gasteiger partial charge in [0.05, 0.1) is 0 Å². The van der Waals surface area contributed by atoms with Crippen molar-refractivity contribution in [2.75, 3.05) is 54.6 Å². The predicted octanol–water partition coefficient (Wildman–Crippen LogP) is 4.68. The Kier molecular flexibility index (Phi) is 14.5. The van der Waals surface area contributed by atoms with Crippen LogP contribution in [-0.2, 0) is 0 Å². The molecule has 0 amide bonds. The molecule has 0 atom stereocenters. The van der Waals surface area contributed by atoms with Crippen molar-refractivity contribution >= 4 is 29.1 Å². The van der Waals surface area contributed by atoms with Gasteiger partial charge in [-0.15, -0.1) is 8.58 Å². The summed E-state index contributed by atoms with van der Waals surface area (Å²) in [6.07, 6.45) is 20.2. The van der Waals surface area contributed by atoms with Gasteiger partial charge < -0.3 is 14.4 Å². The van der Waals surface area contributed by atoms with Crippen LogP contribution in [0.15, 0.2) is 0 Å². The molecular formula is C20H47B3N3P. The van der Waals surface area contributed by atoms with Gasteiger partial charge in [-0.25, -0.2) is 0 Å². The largest absolute Gasteiger partial charge is 0.347 e. The van der Waals surface area contributed by atoms with Gasteiger partial charge in [0.15, 0.2) is 0 Å². The maximum atomic E-state index is 2.36. The van der Waals surface area contributed by atoms with Crippen molar-refractivity contribution < 1.29 is 0 Å². The summed E-state index contributed by atoms with van der Waals surface area (Å²) >= 11 is 0. The highest BCUT2D eigenvalue weighted by atomic mass is 31.1. The zero-order valence-corrected chi connectivity index (χ0v) is 20.5. The molecule has 0 bridgehead atoms. The Labute approximate surface area is 174 Å². The molecule has 7 heteroatoms. The first kappa shape index (κ1) is 25.5. The van der Waals surface area contributed by atoms with E-state index in [0.717, 1.165) is 20.5 Å². The molecule has 3 fully saturated rings. The Morgan fingerprint density at radius 3 is 0.963 bits per heavy atom. The molecule has 3 nitrogen and oxygen atoms in total. The van der Waals surface area contributed by atoms with Crippen molar-refractivity contribution in [3.05, 3.63) is 0 Å². The normalized spacial score (nSPS) is 21.0. The molecule has 3 rings (SSSR count). The highest BCUT2D eigenvalue weighted by Gasteiger charge is 2.20. The van der Waals surface area contributed by atoms with E-state index in [1.165, 1.54) is 97.4 Å². The standard InChI is InChI=1S/2C7H16BN.C6H15BNP/c2*1-9(2)8-6-4-3-5-7-8;1-8(2)7-3-5-9-6-4-7/h2*3-7H2,1-2H3;9H,3-6H2,1-2H3. The van der Waals surface area contributed by atoms with Gasteiger partial charge in [-0.1, -0.05) is 76.4 Å². The molecule has 0 saturated carbocycles. The van der Waals surface area contributed by atoms with E-state index in [0.29, 0.717) is 0 Å². The molecular weight excluding hydrogens is 346 g/mol. The molecule has 0 aliphatic carbocycles. The Morgan fingerprint density at radius 2 is 0.741 bits per heavy atom. The first-order chi connectivity index (χ1) is 12.9. The van der Waals surface area contributed by atoms with Crippen LogP contribution < -0.4 is 0 Å². The lowest BCUT2D eigenvalue weighted by molar-refractivity contribution is 0.590. The number of rotatable bonds is 3. The lowest BCUT2D eigenvalue weighted by atomic mass is 9.50. The van der Waals surface area contributed by atoms with Gasteiger partial charge in [0.25, 0.3) is 0 Å². The van der Waals surface area contributed by atoms with E-state index in [9.17, 15) is 0 Å². The number of hydrogen-bond donors (Lipinski definition) is 0. The van der Waals surface area contributed by atoms with E-state index >= 15 is 0 Å². The summed E-state index contributed by atoms with van der Waals surface area (Å²) in [5, 5.41) is 0. The zero-order valence-electron chi connectivity index (χ0n) is 19.5. The van der Waals surface area contributed by atoms with Crippen LogP contribution in [-0.4, -0.2) is 89.6 Å². The lowest BCUT2D eigenvalue weighted by Gasteiger charge is -2.24. The van der Waals surface area contributed by atoms with Crippen LogP contribution in [0.3, 0.4) is 0 Å². The summed E-state index contributed by atoms with van der Waals surface area (Å²) in [5.74, 6) is 0. The monoisotopic (exact) mass is 393 g/mol. The number of nitrogens with zero attached hydrogens (tertiary/aromatic N) is 3. The van der Waals surface area contributed by atoms with E-state index in [2.05, 4.69) is 56.7 Å². The molecule has 3 saturated heterocycles. The maximum Gasteiger partial charge on any atom is 0.223 e. The van der Waals surface area contributed by atoms with Crippen molar-refractivity contribution in [2.45, 2.75) is 76.4 Å². The quantitative estimate of drug-likeness (QED) is 0.510. The maximum absolute atomic E-state index is 2.36. The minimum Gasteiger partial charge on any atom is -0.347 e. The molecule has 3 aliphatic rings. The van der Waals surface area contributed by atoms with Crippen LogP contribution in [0.5, 0.6) is 0 Å². The lowest BCUT2D eigenvalue weighted by Crippen LogP contribution is -2.34. The van der Waals surface area contributed by atoms with E-state index in [1.807, 2.05) is 0 Å². The molecule has 0 aromatic heterocycles. The Bertz CT molecular complexity index is 289. The second-order valence-corrected chi connectivity index (χ2v) is 11.0. The molecule has 0 radical (unpaired) electrons. The zero-order chi connectivity index (χ0) is 20.1. The van der Waals surface area contributed by atoms with Gasteiger partial charge in [0.2, 0.25) is 20.5 Å². The molecule has 0 N–H and O–H groups in total. The topological polar surface area (TPSA) is 9.72 Å². The summed E-state index contributed by atoms with van der Waals surface area (Å²) in [7, 11) is 14.4. The highest BCUT2D eigenvalue weighted by Crippen LogP contribution is 2.24. The average molecular weight is 393 g/mol. The highest BCUT2D eigenvalue weighted by molar-refractivity contribution is 7.38. The van der Waals surface area contributed by atoms with Gasteiger partial charge in [-0.3, -0.25) is 0 Å². The first-order valence-electron chi connectivity index (χ1n) is 11.6.